The topological polar surface area (TPSA) is 71.8 Å². The van der Waals surface area contributed by atoms with Crippen LogP contribution in [0.2, 0.25) is 5.02 Å². The van der Waals surface area contributed by atoms with Gasteiger partial charge in [0.25, 0.3) is 5.91 Å². The molecule has 0 aliphatic carbocycles. The Morgan fingerprint density at radius 3 is 2.52 bits per heavy atom. The Kier molecular flexibility index (Phi) is 5.37. The summed E-state index contributed by atoms with van der Waals surface area (Å²) in [4.78, 5) is 26.2. The Morgan fingerprint density at radius 1 is 1.19 bits per heavy atom. The molecule has 0 bridgehead atoms. The van der Waals surface area contributed by atoms with Crippen LogP contribution in [0, 0.1) is 6.92 Å². The zero-order chi connectivity index (χ0) is 19.6. The molecule has 140 valence electrons. The number of rotatable bonds is 5. The van der Waals surface area contributed by atoms with Crippen LogP contribution in [0.3, 0.4) is 0 Å². The molecule has 27 heavy (non-hydrogen) atoms. The lowest BCUT2D eigenvalue weighted by atomic mass is 10.1. The van der Waals surface area contributed by atoms with Gasteiger partial charge < -0.3 is 19.4 Å². The molecular weight excluding hydrogens is 368 g/mol. The summed E-state index contributed by atoms with van der Waals surface area (Å²) in [6.07, 6.45) is 0. The van der Waals surface area contributed by atoms with E-state index in [1.54, 1.807) is 57.5 Å². The van der Waals surface area contributed by atoms with Gasteiger partial charge in [0.05, 0.1) is 18.7 Å². The lowest BCUT2D eigenvalue weighted by Gasteiger charge is -2.16. The van der Waals surface area contributed by atoms with Crippen LogP contribution in [-0.2, 0) is 4.79 Å². The summed E-state index contributed by atoms with van der Waals surface area (Å²) >= 11 is 6.13. The van der Waals surface area contributed by atoms with E-state index in [9.17, 15) is 9.59 Å². The van der Waals surface area contributed by atoms with Crippen molar-refractivity contribution in [3.8, 4) is 5.75 Å². The predicted molar refractivity (Wildman–Crippen MR) is 105 cm³/mol. The number of amides is 2. The van der Waals surface area contributed by atoms with Crippen molar-refractivity contribution in [1.82, 2.24) is 4.90 Å². The second-order valence-electron chi connectivity index (χ2n) is 6.11. The molecule has 1 N–H and O–H groups in total. The molecule has 0 saturated carbocycles. The standard InChI is InChI=1S/C20H19ClN2O4/c1-12-15-5-4-6-16(21)19(15)27-18(12)20(25)23(2)11-17(24)22-13-7-9-14(26-3)10-8-13/h4-10H,11H2,1-3H3,(H,22,24). The van der Waals surface area contributed by atoms with Gasteiger partial charge in [-0.15, -0.1) is 0 Å². The zero-order valence-corrected chi connectivity index (χ0v) is 16.0. The molecule has 2 amide bonds. The molecule has 0 unspecified atom stereocenters. The number of nitrogens with zero attached hydrogens (tertiary/aromatic N) is 1. The van der Waals surface area contributed by atoms with Crippen molar-refractivity contribution < 1.29 is 18.7 Å². The van der Waals surface area contributed by atoms with E-state index in [2.05, 4.69) is 5.32 Å². The van der Waals surface area contributed by atoms with E-state index in [-0.39, 0.29) is 24.1 Å². The van der Waals surface area contributed by atoms with E-state index in [0.717, 1.165) is 5.39 Å². The highest BCUT2D eigenvalue weighted by atomic mass is 35.5. The minimum atomic E-state index is -0.385. The summed E-state index contributed by atoms with van der Waals surface area (Å²) in [6.45, 7) is 1.68. The van der Waals surface area contributed by atoms with Gasteiger partial charge in [-0.3, -0.25) is 9.59 Å². The molecule has 0 fully saturated rings. The Bertz CT molecular complexity index is 995. The average molecular weight is 387 g/mol. The highest BCUT2D eigenvalue weighted by Crippen LogP contribution is 2.31. The van der Waals surface area contributed by atoms with Crippen LogP contribution in [-0.4, -0.2) is 37.4 Å². The number of fused-ring (bicyclic) bond motifs is 1. The first-order valence-electron chi connectivity index (χ1n) is 8.27. The second kappa shape index (κ2) is 7.72. The third-order valence-corrected chi connectivity index (χ3v) is 4.51. The summed E-state index contributed by atoms with van der Waals surface area (Å²) in [6, 6.07) is 12.3. The van der Waals surface area contributed by atoms with Crippen LogP contribution in [0.25, 0.3) is 11.0 Å². The Hall–Kier alpha value is -2.99. The minimum absolute atomic E-state index is 0.116. The number of methoxy groups -OCH3 is 1. The molecule has 1 aromatic heterocycles. The first-order chi connectivity index (χ1) is 12.9. The van der Waals surface area contributed by atoms with Crippen LogP contribution in [0.1, 0.15) is 16.1 Å². The van der Waals surface area contributed by atoms with Gasteiger partial charge in [0.15, 0.2) is 11.3 Å². The number of ether oxygens (including phenoxy) is 1. The number of likely N-dealkylation sites (N-methyl/N-ethyl adjacent to an activating group) is 1. The van der Waals surface area contributed by atoms with Crippen molar-refractivity contribution in [2.24, 2.45) is 0 Å². The zero-order valence-electron chi connectivity index (χ0n) is 15.2. The van der Waals surface area contributed by atoms with E-state index in [4.69, 9.17) is 20.8 Å². The largest absolute Gasteiger partial charge is 0.497 e. The van der Waals surface area contributed by atoms with Gasteiger partial charge in [0.1, 0.15) is 5.75 Å². The maximum Gasteiger partial charge on any atom is 0.290 e. The fourth-order valence-electron chi connectivity index (χ4n) is 2.75. The van der Waals surface area contributed by atoms with Crippen molar-refractivity contribution in [2.45, 2.75) is 6.92 Å². The molecule has 6 nitrogen and oxygen atoms in total. The maximum atomic E-state index is 12.7. The number of nitrogens with one attached hydrogen (secondary N) is 1. The normalized spacial score (nSPS) is 10.7. The van der Waals surface area contributed by atoms with Crippen molar-refractivity contribution in [3.63, 3.8) is 0 Å². The van der Waals surface area contributed by atoms with Crippen LogP contribution in [0.15, 0.2) is 46.9 Å². The third kappa shape index (κ3) is 3.90. The first kappa shape index (κ1) is 18.8. The number of carbonyl (C=O) groups is 2. The summed E-state index contributed by atoms with van der Waals surface area (Å²) in [5.41, 5.74) is 1.78. The van der Waals surface area contributed by atoms with Crippen molar-refractivity contribution in [2.75, 3.05) is 26.0 Å². The van der Waals surface area contributed by atoms with Crippen molar-refractivity contribution >= 4 is 40.1 Å². The second-order valence-corrected chi connectivity index (χ2v) is 6.52. The molecular formula is C20H19ClN2O4. The van der Waals surface area contributed by atoms with Gasteiger partial charge >= 0.3 is 0 Å². The first-order valence-corrected chi connectivity index (χ1v) is 8.65. The Labute approximate surface area is 161 Å². The van der Waals surface area contributed by atoms with Crippen LogP contribution in [0.4, 0.5) is 5.69 Å². The summed E-state index contributed by atoms with van der Waals surface area (Å²) in [5.74, 6) is 0.171. The molecule has 0 aliphatic heterocycles. The molecule has 0 atom stereocenters. The van der Waals surface area contributed by atoms with E-state index in [1.165, 1.54) is 4.90 Å². The lowest BCUT2D eigenvalue weighted by molar-refractivity contribution is -0.116. The third-order valence-electron chi connectivity index (χ3n) is 4.21. The number of benzene rings is 2. The highest BCUT2D eigenvalue weighted by Gasteiger charge is 2.23. The molecule has 3 aromatic rings. The Balaban J connectivity index is 1.71. The molecule has 0 spiro atoms. The fourth-order valence-corrected chi connectivity index (χ4v) is 2.96. The molecule has 1 heterocycles. The number of para-hydroxylation sites is 1. The van der Waals surface area contributed by atoms with Crippen molar-refractivity contribution in [3.05, 3.63) is 58.8 Å². The maximum absolute atomic E-state index is 12.7. The van der Waals surface area contributed by atoms with Crippen LogP contribution < -0.4 is 10.1 Å². The average Bonchev–Trinajstić information content (AvgIpc) is 3.00. The van der Waals surface area contributed by atoms with Gasteiger partial charge in [0.2, 0.25) is 5.91 Å². The summed E-state index contributed by atoms with van der Waals surface area (Å²) < 4.78 is 10.7. The lowest BCUT2D eigenvalue weighted by Crippen LogP contribution is -2.35. The van der Waals surface area contributed by atoms with E-state index < -0.39 is 0 Å². The number of anilines is 1. The van der Waals surface area contributed by atoms with Crippen LogP contribution >= 0.6 is 11.6 Å². The van der Waals surface area contributed by atoms with Gasteiger partial charge in [-0.2, -0.15) is 0 Å². The molecule has 0 saturated heterocycles. The van der Waals surface area contributed by atoms with Gasteiger partial charge in [-0.25, -0.2) is 0 Å². The molecule has 0 radical (unpaired) electrons. The number of hydrogen-bond acceptors (Lipinski definition) is 4. The monoisotopic (exact) mass is 386 g/mol. The van der Waals surface area contributed by atoms with E-state index in [0.29, 0.717) is 27.6 Å². The molecule has 7 heteroatoms. The summed E-state index contributed by atoms with van der Waals surface area (Å²) in [5, 5.41) is 3.96. The SMILES string of the molecule is COc1ccc(NC(=O)CN(C)C(=O)c2oc3c(Cl)cccc3c2C)cc1. The fraction of sp³-hybridized carbons (Fsp3) is 0.200. The number of furan rings is 1. The predicted octanol–water partition coefficient (Wildman–Crippen LogP) is 4.11. The quantitative estimate of drug-likeness (QED) is 0.716. The van der Waals surface area contributed by atoms with E-state index in [1.807, 2.05) is 6.07 Å². The number of hydrogen-bond donors (Lipinski definition) is 1. The van der Waals surface area contributed by atoms with Crippen molar-refractivity contribution in [1.29, 1.82) is 0 Å². The van der Waals surface area contributed by atoms with E-state index >= 15 is 0 Å². The minimum Gasteiger partial charge on any atom is -0.497 e. The highest BCUT2D eigenvalue weighted by molar-refractivity contribution is 6.35. The Morgan fingerprint density at radius 2 is 1.89 bits per heavy atom. The molecule has 3 rings (SSSR count). The number of aryl methyl sites for hydroxylation is 1. The molecule has 2 aromatic carbocycles. The van der Waals surface area contributed by atoms with Gasteiger partial charge in [-0.1, -0.05) is 23.7 Å². The van der Waals surface area contributed by atoms with Gasteiger partial charge in [-0.05, 0) is 37.3 Å². The molecule has 0 aliphatic rings. The van der Waals surface area contributed by atoms with Crippen LogP contribution in [0.5, 0.6) is 5.75 Å². The smallest absolute Gasteiger partial charge is 0.290 e. The summed E-state index contributed by atoms with van der Waals surface area (Å²) in [7, 11) is 3.12. The number of halogens is 1. The number of carbonyl (C=O) groups excluding carboxylic acids is 2. The van der Waals surface area contributed by atoms with Gasteiger partial charge in [0, 0.05) is 23.7 Å².